The molecule has 0 bridgehead atoms. The number of aromatic nitrogens is 6. The minimum Gasteiger partial charge on any atom is -0.284 e. The number of tetrazole rings is 1. The minimum absolute atomic E-state index is 0.102. The molecule has 0 amide bonds. The van der Waals surface area contributed by atoms with Gasteiger partial charge in [0.15, 0.2) is 0 Å². The van der Waals surface area contributed by atoms with Gasteiger partial charge in [0.2, 0.25) is 0 Å². The van der Waals surface area contributed by atoms with Crippen molar-refractivity contribution in [3.05, 3.63) is 42.7 Å². The van der Waals surface area contributed by atoms with Crippen LogP contribution in [-0.2, 0) is 10.0 Å². The topological polar surface area (TPSA) is 118 Å². The van der Waals surface area contributed by atoms with E-state index in [9.17, 15) is 12.8 Å². The monoisotopic (exact) mass is 309 g/mol. The molecule has 21 heavy (non-hydrogen) atoms. The molecule has 2 N–H and O–H groups in total. The van der Waals surface area contributed by atoms with Gasteiger partial charge >= 0.3 is 0 Å². The van der Waals surface area contributed by atoms with E-state index in [1.54, 1.807) is 0 Å². The fourth-order valence-electron chi connectivity index (χ4n) is 1.60. The van der Waals surface area contributed by atoms with E-state index in [4.69, 9.17) is 0 Å². The van der Waals surface area contributed by atoms with Crippen LogP contribution in [0.2, 0.25) is 0 Å². The molecular formula is C10H8FN7O2S. The summed E-state index contributed by atoms with van der Waals surface area (Å²) >= 11 is 0. The standard InChI is InChI=1S/C10H8FN7O2S/c11-9-2-1-7(18-6-14-16-17-18)3-10(9)15-21(19,20)8-4-12-13-5-8/h1-6,15H,(H,12,13). The number of sulfonamides is 1. The quantitative estimate of drug-likeness (QED) is 0.716. The Hall–Kier alpha value is -2.82. The summed E-state index contributed by atoms with van der Waals surface area (Å²) in [6.45, 7) is 0. The van der Waals surface area contributed by atoms with Crippen molar-refractivity contribution in [2.45, 2.75) is 4.90 Å². The van der Waals surface area contributed by atoms with Crippen molar-refractivity contribution in [3.63, 3.8) is 0 Å². The van der Waals surface area contributed by atoms with Gasteiger partial charge in [0.05, 0.1) is 17.6 Å². The molecule has 0 aliphatic heterocycles. The fourth-order valence-corrected chi connectivity index (χ4v) is 2.57. The van der Waals surface area contributed by atoms with E-state index in [2.05, 4.69) is 30.4 Å². The number of nitrogens with zero attached hydrogens (tertiary/aromatic N) is 5. The number of anilines is 1. The average molecular weight is 309 g/mol. The SMILES string of the molecule is O=S(=O)(Nc1cc(-n2cnnn2)ccc1F)c1cn[nH]c1. The normalized spacial score (nSPS) is 11.5. The predicted octanol–water partition coefficient (Wildman–Crippen LogP) is 0.325. The maximum Gasteiger partial charge on any atom is 0.265 e. The molecule has 2 aromatic heterocycles. The molecule has 0 saturated heterocycles. The summed E-state index contributed by atoms with van der Waals surface area (Å²) in [6.07, 6.45) is 3.61. The highest BCUT2D eigenvalue weighted by atomic mass is 32.2. The van der Waals surface area contributed by atoms with E-state index in [-0.39, 0.29) is 10.6 Å². The highest BCUT2D eigenvalue weighted by molar-refractivity contribution is 7.92. The molecular weight excluding hydrogens is 301 g/mol. The van der Waals surface area contributed by atoms with Crippen LogP contribution < -0.4 is 4.72 Å². The van der Waals surface area contributed by atoms with Crippen molar-refractivity contribution in [3.8, 4) is 5.69 Å². The number of hydrogen-bond acceptors (Lipinski definition) is 6. The molecule has 0 saturated carbocycles. The summed E-state index contributed by atoms with van der Waals surface area (Å²) in [5, 5.41) is 16.5. The van der Waals surface area contributed by atoms with Gasteiger partial charge < -0.3 is 0 Å². The van der Waals surface area contributed by atoms with Gasteiger partial charge in [-0.05, 0) is 28.6 Å². The first kappa shape index (κ1) is 13.2. The molecule has 3 rings (SSSR count). The highest BCUT2D eigenvalue weighted by Gasteiger charge is 2.18. The molecule has 0 aliphatic carbocycles. The summed E-state index contributed by atoms with van der Waals surface area (Å²) in [6, 6.07) is 3.81. The molecule has 1 aromatic carbocycles. The molecule has 0 atom stereocenters. The Bertz CT molecular complexity index is 846. The van der Waals surface area contributed by atoms with Crippen molar-refractivity contribution in [2.24, 2.45) is 0 Å². The van der Waals surface area contributed by atoms with E-state index in [0.717, 1.165) is 12.3 Å². The second-order valence-electron chi connectivity index (χ2n) is 3.96. The Morgan fingerprint density at radius 2 is 2.19 bits per heavy atom. The number of nitrogens with one attached hydrogen (secondary N) is 2. The summed E-state index contributed by atoms with van der Waals surface area (Å²) in [4.78, 5) is -0.102. The van der Waals surface area contributed by atoms with Crippen LogP contribution in [0, 0.1) is 5.82 Å². The molecule has 0 aliphatic rings. The Kier molecular flexibility index (Phi) is 3.10. The Morgan fingerprint density at radius 1 is 1.33 bits per heavy atom. The molecule has 3 aromatic rings. The smallest absolute Gasteiger partial charge is 0.265 e. The van der Waals surface area contributed by atoms with Gasteiger partial charge in [0.1, 0.15) is 17.0 Å². The zero-order valence-electron chi connectivity index (χ0n) is 10.3. The predicted molar refractivity (Wildman–Crippen MR) is 68.5 cm³/mol. The van der Waals surface area contributed by atoms with Crippen LogP contribution in [0.5, 0.6) is 0 Å². The number of halogens is 1. The number of hydrogen-bond donors (Lipinski definition) is 2. The third kappa shape index (κ3) is 2.58. The van der Waals surface area contributed by atoms with Crippen molar-refractivity contribution >= 4 is 15.7 Å². The zero-order valence-corrected chi connectivity index (χ0v) is 11.1. The number of rotatable bonds is 4. The van der Waals surface area contributed by atoms with Crippen LogP contribution in [0.4, 0.5) is 10.1 Å². The second kappa shape index (κ2) is 4.94. The van der Waals surface area contributed by atoms with Gasteiger partial charge in [0.25, 0.3) is 10.0 Å². The Labute approximate surface area is 117 Å². The van der Waals surface area contributed by atoms with Crippen LogP contribution in [-0.4, -0.2) is 38.8 Å². The van der Waals surface area contributed by atoms with Gasteiger partial charge in [0, 0.05) is 6.20 Å². The lowest BCUT2D eigenvalue weighted by atomic mass is 10.3. The molecule has 108 valence electrons. The molecule has 0 spiro atoms. The Balaban J connectivity index is 1.97. The number of benzene rings is 1. The van der Waals surface area contributed by atoms with E-state index < -0.39 is 15.8 Å². The van der Waals surface area contributed by atoms with Crippen molar-refractivity contribution in [2.75, 3.05) is 4.72 Å². The van der Waals surface area contributed by atoms with Gasteiger partial charge in [-0.25, -0.2) is 17.5 Å². The van der Waals surface area contributed by atoms with Crippen molar-refractivity contribution < 1.29 is 12.8 Å². The number of aromatic amines is 1. The second-order valence-corrected chi connectivity index (χ2v) is 5.64. The first-order chi connectivity index (χ1) is 10.1. The maximum atomic E-state index is 13.8. The first-order valence-corrected chi connectivity index (χ1v) is 7.09. The highest BCUT2D eigenvalue weighted by Crippen LogP contribution is 2.21. The lowest BCUT2D eigenvalue weighted by molar-refractivity contribution is 0.598. The van der Waals surface area contributed by atoms with E-state index in [0.29, 0.717) is 5.69 Å². The van der Waals surface area contributed by atoms with Gasteiger partial charge in [-0.3, -0.25) is 9.82 Å². The van der Waals surface area contributed by atoms with Gasteiger partial charge in [-0.15, -0.1) is 5.10 Å². The van der Waals surface area contributed by atoms with E-state index in [1.807, 2.05) is 0 Å². The molecule has 0 radical (unpaired) electrons. The van der Waals surface area contributed by atoms with E-state index >= 15 is 0 Å². The third-order valence-electron chi connectivity index (χ3n) is 2.59. The summed E-state index contributed by atoms with van der Waals surface area (Å²) in [7, 11) is -3.92. The maximum absolute atomic E-state index is 13.8. The average Bonchev–Trinajstić information content (AvgIpc) is 3.14. The Morgan fingerprint density at radius 3 is 2.86 bits per heavy atom. The third-order valence-corrected chi connectivity index (χ3v) is 3.92. The molecule has 2 heterocycles. The molecule has 11 heteroatoms. The fraction of sp³-hybridized carbons (Fsp3) is 0. The van der Waals surface area contributed by atoms with Gasteiger partial charge in [-0.2, -0.15) is 5.10 Å². The van der Waals surface area contributed by atoms with Crippen LogP contribution in [0.1, 0.15) is 0 Å². The largest absolute Gasteiger partial charge is 0.284 e. The number of H-pyrrole nitrogens is 1. The van der Waals surface area contributed by atoms with E-state index in [1.165, 1.54) is 29.3 Å². The zero-order chi connectivity index (χ0) is 14.9. The summed E-state index contributed by atoms with van der Waals surface area (Å²) in [5.41, 5.74) is 0.190. The van der Waals surface area contributed by atoms with Crippen LogP contribution in [0.15, 0.2) is 41.8 Å². The van der Waals surface area contributed by atoms with Gasteiger partial charge in [-0.1, -0.05) is 0 Å². The molecule has 0 unspecified atom stereocenters. The van der Waals surface area contributed by atoms with Crippen LogP contribution in [0.3, 0.4) is 0 Å². The van der Waals surface area contributed by atoms with Crippen LogP contribution in [0.25, 0.3) is 5.69 Å². The van der Waals surface area contributed by atoms with Crippen LogP contribution >= 0.6 is 0 Å². The molecule has 9 nitrogen and oxygen atoms in total. The molecule has 0 fully saturated rings. The lowest BCUT2D eigenvalue weighted by Gasteiger charge is -2.09. The first-order valence-electron chi connectivity index (χ1n) is 5.61. The lowest BCUT2D eigenvalue weighted by Crippen LogP contribution is -2.13. The summed E-state index contributed by atoms with van der Waals surface area (Å²) < 4.78 is 41.2. The van der Waals surface area contributed by atoms with Crippen molar-refractivity contribution in [1.29, 1.82) is 0 Å². The minimum atomic E-state index is -3.92. The summed E-state index contributed by atoms with van der Waals surface area (Å²) in [5.74, 6) is -0.723. The van der Waals surface area contributed by atoms with Crippen molar-refractivity contribution in [1.82, 2.24) is 30.4 Å².